The van der Waals surface area contributed by atoms with Crippen molar-refractivity contribution in [1.29, 1.82) is 0 Å². The SMILES string of the molecule is O=C(Nc1ccc(NCc2cnc(Cl)s2)cc1)c1cccs1. The van der Waals surface area contributed by atoms with Gasteiger partial charge in [0.05, 0.1) is 11.4 Å². The summed E-state index contributed by atoms with van der Waals surface area (Å²) in [5, 5.41) is 8.03. The summed E-state index contributed by atoms with van der Waals surface area (Å²) in [5.41, 5.74) is 1.74. The Balaban J connectivity index is 1.57. The minimum atomic E-state index is -0.0880. The quantitative estimate of drug-likeness (QED) is 0.700. The van der Waals surface area contributed by atoms with E-state index in [0.29, 0.717) is 15.9 Å². The highest BCUT2D eigenvalue weighted by Crippen LogP contribution is 2.20. The summed E-state index contributed by atoms with van der Waals surface area (Å²) in [6.45, 7) is 0.672. The van der Waals surface area contributed by atoms with Crippen LogP contribution >= 0.6 is 34.3 Å². The zero-order valence-corrected chi connectivity index (χ0v) is 13.8. The molecule has 0 saturated carbocycles. The zero-order valence-electron chi connectivity index (χ0n) is 11.4. The lowest BCUT2D eigenvalue weighted by atomic mass is 10.2. The minimum absolute atomic E-state index is 0.0880. The van der Waals surface area contributed by atoms with Gasteiger partial charge < -0.3 is 10.6 Å². The van der Waals surface area contributed by atoms with E-state index in [4.69, 9.17) is 11.6 Å². The molecule has 0 aliphatic heterocycles. The van der Waals surface area contributed by atoms with Crippen LogP contribution in [0, 0.1) is 0 Å². The molecule has 3 rings (SSSR count). The van der Waals surface area contributed by atoms with E-state index < -0.39 is 0 Å². The molecule has 0 radical (unpaired) electrons. The van der Waals surface area contributed by atoms with E-state index in [1.165, 1.54) is 22.7 Å². The van der Waals surface area contributed by atoms with Crippen molar-refractivity contribution < 1.29 is 4.79 Å². The van der Waals surface area contributed by atoms with Crippen LogP contribution in [0.25, 0.3) is 0 Å². The molecule has 0 saturated heterocycles. The van der Waals surface area contributed by atoms with Crippen LogP contribution in [-0.2, 0) is 6.54 Å². The minimum Gasteiger partial charge on any atom is -0.380 e. The smallest absolute Gasteiger partial charge is 0.265 e. The molecule has 1 aromatic carbocycles. The van der Waals surface area contributed by atoms with Gasteiger partial charge in [-0.2, -0.15) is 0 Å². The Morgan fingerprint density at radius 1 is 1.18 bits per heavy atom. The van der Waals surface area contributed by atoms with Crippen molar-refractivity contribution in [2.45, 2.75) is 6.54 Å². The predicted molar refractivity (Wildman–Crippen MR) is 93.2 cm³/mol. The van der Waals surface area contributed by atoms with Gasteiger partial charge in [0.25, 0.3) is 5.91 Å². The van der Waals surface area contributed by atoms with Gasteiger partial charge >= 0.3 is 0 Å². The first-order chi connectivity index (χ1) is 10.7. The Morgan fingerprint density at radius 2 is 1.95 bits per heavy atom. The molecule has 22 heavy (non-hydrogen) atoms. The van der Waals surface area contributed by atoms with Crippen LogP contribution in [0.15, 0.2) is 48.0 Å². The lowest BCUT2D eigenvalue weighted by Crippen LogP contribution is -2.09. The Morgan fingerprint density at radius 3 is 2.59 bits per heavy atom. The van der Waals surface area contributed by atoms with Crippen LogP contribution in [0.4, 0.5) is 11.4 Å². The van der Waals surface area contributed by atoms with Gasteiger partial charge in [-0.3, -0.25) is 4.79 Å². The lowest BCUT2D eigenvalue weighted by molar-refractivity contribution is 0.103. The highest BCUT2D eigenvalue weighted by molar-refractivity contribution is 7.15. The second-order valence-electron chi connectivity index (χ2n) is 4.44. The van der Waals surface area contributed by atoms with Crippen molar-refractivity contribution in [3.05, 3.63) is 62.2 Å². The highest BCUT2D eigenvalue weighted by Gasteiger charge is 2.06. The topological polar surface area (TPSA) is 54.0 Å². The van der Waals surface area contributed by atoms with E-state index in [-0.39, 0.29) is 5.91 Å². The summed E-state index contributed by atoms with van der Waals surface area (Å²) in [5.74, 6) is -0.0880. The van der Waals surface area contributed by atoms with Crippen LogP contribution < -0.4 is 10.6 Å². The van der Waals surface area contributed by atoms with E-state index >= 15 is 0 Å². The first-order valence-electron chi connectivity index (χ1n) is 6.50. The van der Waals surface area contributed by atoms with E-state index in [9.17, 15) is 4.79 Å². The van der Waals surface area contributed by atoms with Crippen LogP contribution in [0.3, 0.4) is 0 Å². The lowest BCUT2D eigenvalue weighted by Gasteiger charge is -2.07. The molecular formula is C15H12ClN3OS2. The molecule has 4 nitrogen and oxygen atoms in total. The molecule has 0 spiro atoms. The standard InChI is InChI=1S/C15H12ClN3OS2/c16-15-18-9-12(22-15)8-17-10-3-5-11(6-4-10)19-14(20)13-2-1-7-21-13/h1-7,9,17H,8H2,(H,19,20). The van der Waals surface area contributed by atoms with E-state index in [2.05, 4.69) is 15.6 Å². The number of halogens is 1. The van der Waals surface area contributed by atoms with E-state index in [1.54, 1.807) is 12.3 Å². The maximum Gasteiger partial charge on any atom is 0.265 e. The average molecular weight is 350 g/mol. The van der Waals surface area contributed by atoms with Crippen LogP contribution in [0.2, 0.25) is 4.47 Å². The molecule has 0 unspecified atom stereocenters. The van der Waals surface area contributed by atoms with Crippen LogP contribution in [-0.4, -0.2) is 10.9 Å². The Bertz CT molecular complexity index is 753. The molecule has 0 fully saturated rings. The van der Waals surface area contributed by atoms with Gasteiger partial charge in [-0.15, -0.1) is 22.7 Å². The summed E-state index contributed by atoms with van der Waals surface area (Å²) in [6, 6.07) is 11.2. The molecule has 1 amide bonds. The highest BCUT2D eigenvalue weighted by atomic mass is 35.5. The van der Waals surface area contributed by atoms with Gasteiger partial charge in [0, 0.05) is 22.4 Å². The van der Waals surface area contributed by atoms with E-state index in [0.717, 1.165) is 16.3 Å². The molecular weight excluding hydrogens is 338 g/mol. The molecule has 2 N–H and O–H groups in total. The number of nitrogens with one attached hydrogen (secondary N) is 2. The van der Waals surface area contributed by atoms with Gasteiger partial charge in [-0.25, -0.2) is 4.98 Å². The maximum absolute atomic E-state index is 11.9. The summed E-state index contributed by atoms with van der Waals surface area (Å²) in [7, 11) is 0. The molecule has 0 bridgehead atoms. The monoisotopic (exact) mass is 349 g/mol. The van der Waals surface area contributed by atoms with Crippen molar-refractivity contribution in [2.24, 2.45) is 0 Å². The maximum atomic E-state index is 11.9. The Hall–Kier alpha value is -1.89. The summed E-state index contributed by atoms with van der Waals surface area (Å²) in [4.78, 5) is 17.7. The molecule has 2 heterocycles. The van der Waals surface area contributed by atoms with Crippen molar-refractivity contribution in [1.82, 2.24) is 4.98 Å². The fourth-order valence-electron chi connectivity index (χ4n) is 1.83. The number of carbonyl (C=O) groups is 1. The first kappa shape index (κ1) is 15.0. The zero-order chi connectivity index (χ0) is 15.4. The van der Waals surface area contributed by atoms with Gasteiger partial charge in [0.1, 0.15) is 0 Å². The number of amides is 1. The molecule has 7 heteroatoms. The third kappa shape index (κ3) is 3.85. The van der Waals surface area contributed by atoms with Crippen LogP contribution in [0.5, 0.6) is 0 Å². The number of nitrogens with zero attached hydrogens (tertiary/aromatic N) is 1. The Labute approximate surface area is 140 Å². The fourth-order valence-corrected chi connectivity index (χ4v) is 3.36. The molecule has 2 aromatic heterocycles. The number of aromatic nitrogens is 1. The second-order valence-corrected chi connectivity index (χ2v) is 7.09. The summed E-state index contributed by atoms with van der Waals surface area (Å²) >= 11 is 8.67. The van der Waals surface area contributed by atoms with Crippen LogP contribution in [0.1, 0.15) is 14.5 Å². The first-order valence-corrected chi connectivity index (χ1v) is 8.57. The van der Waals surface area contributed by atoms with Gasteiger partial charge in [-0.1, -0.05) is 17.7 Å². The van der Waals surface area contributed by atoms with Gasteiger partial charge in [0.2, 0.25) is 0 Å². The van der Waals surface area contributed by atoms with Crippen molar-refractivity contribution in [2.75, 3.05) is 10.6 Å². The predicted octanol–water partition coefficient (Wildman–Crippen LogP) is 4.72. The molecule has 3 aromatic rings. The van der Waals surface area contributed by atoms with Gasteiger partial charge in [0.15, 0.2) is 4.47 Å². The largest absolute Gasteiger partial charge is 0.380 e. The number of hydrogen-bond acceptors (Lipinski definition) is 5. The van der Waals surface area contributed by atoms with E-state index in [1.807, 2.05) is 35.7 Å². The average Bonchev–Trinajstić information content (AvgIpc) is 3.18. The number of hydrogen-bond donors (Lipinski definition) is 2. The molecule has 0 aliphatic rings. The second kappa shape index (κ2) is 6.91. The normalized spacial score (nSPS) is 10.4. The number of rotatable bonds is 5. The molecule has 0 atom stereocenters. The third-order valence-corrected chi connectivity index (χ3v) is 4.86. The number of thiazole rings is 1. The number of anilines is 2. The Kier molecular flexibility index (Phi) is 4.72. The summed E-state index contributed by atoms with van der Waals surface area (Å²) < 4.78 is 0.545. The third-order valence-electron chi connectivity index (χ3n) is 2.88. The molecule has 0 aliphatic carbocycles. The molecule has 112 valence electrons. The van der Waals surface area contributed by atoms with Crippen molar-refractivity contribution in [3.63, 3.8) is 0 Å². The fraction of sp³-hybridized carbons (Fsp3) is 0.0667. The van der Waals surface area contributed by atoms with Gasteiger partial charge in [-0.05, 0) is 35.7 Å². The van der Waals surface area contributed by atoms with Crippen molar-refractivity contribution >= 4 is 51.6 Å². The number of benzene rings is 1. The number of carbonyl (C=O) groups excluding carboxylic acids is 1. The van der Waals surface area contributed by atoms with Crippen molar-refractivity contribution in [3.8, 4) is 0 Å². The number of thiophene rings is 1. The summed E-state index contributed by atoms with van der Waals surface area (Å²) in [6.07, 6.45) is 1.76.